The molecule has 1 saturated heterocycles. The van der Waals surface area contributed by atoms with E-state index in [1.165, 1.54) is 0 Å². The summed E-state index contributed by atoms with van der Waals surface area (Å²) in [6.45, 7) is 12.5. The highest BCUT2D eigenvalue weighted by molar-refractivity contribution is 6.69. The Morgan fingerprint density at radius 3 is 2.62 bits per heavy atom. The minimum Gasteiger partial charge on any atom is -0.465 e. The largest absolute Gasteiger partial charge is 0.465 e. The summed E-state index contributed by atoms with van der Waals surface area (Å²) in [6.07, 6.45) is 3.96. The van der Waals surface area contributed by atoms with Crippen LogP contribution < -0.4 is 0 Å². The average Bonchev–Trinajstić information content (AvgIpc) is 2.98. The van der Waals surface area contributed by atoms with Crippen molar-refractivity contribution in [3.8, 4) is 0 Å². The number of ether oxygens (including phenoxy) is 2. The fraction of sp³-hybridized carbons (Fsp3) is 0.778. The van der Waals surface area contributed by atoms with E-state index < -0.39 is 31.2 Å². The van der Waals surface area contributed by atoms with Gasteiger partial charge in [-0.05, 0) is 26.6 Å². The number of carbonyl (C=O) groups excluding carboxylic acids is 2. The van der Waals surface area contributed by atoms with Crippen LogP contribution in [0.4, 0.5) is 0 Å². The fourth-order valence-electron chi connectivity index (χ4n) is 4.94. The molecule has 6 heteroatoms. The molecule has 1 aliphatic carbocycles. The van der Waals surface area contributed by atoms with Gasteiger partial charge in [0.2, 0.25) is 0 Å². The predicted octanol–water partition coefficient (Wildman–Crippen LogP) is 2.71. The van der Waals surface area contributed by atoms with E-state index in [-0.39, 0.29) is 36.9 Å². The van der Waals surface area contributed by atoms with Gasteiger partial charge >= 0.3 is 5.97 Å². The summed E-state index contributed by atoms with van der Waals surface area (Å²) < 4.78 is 18.1. The van der Waals surface area contributed by atoms with Crippen LogP contribution in [0.3, 0.4) is 0 Å². The average molecular weight is 353 g/mol. The van der Waals surface area contributed by atoms with E-state index in [1.807, 2.05) is 13.0 Å². The van der Waals surface area contributed by atoms with Crippen LogP contribution in [-0.2, 0) is 23.5 Å². The summed E-state index contributed by atoms with van der Waals surface area (Å²) in [5.74, 6) is -1.34. The molecule has 2 fully saturated rings. The number of hydrogen-bond acceptors (Lipinski definition) is 5. The monoisotopic (exact) mass is 352 g/mol. The molecule has 0 N–H and O–H groups in total. The van der Waals surface area contributed by atoms with Crippen molar-refractivity contribution < 1.29 is 23.5 Å². The molecular weight excluding hydrogens is 324 g/mol. The number of ketones is 1. The number of carbonyl (C=O) groups is 2. The highest BCUT2D eigenvalue weighted by Gasteiger charge is 2.74. The Balaban J connectivity index is 2.14. The number of hydrogen-bond donors (Lipinski definition) is 0. The third-order valence-corrected chi connectivity index (χ3v) is 6.86. The molecule has 5 nitrogen and oxygen atoms in total. The fourth-order valence-corrected chi connectivity index (χ4v) is 6.51. The standard InChI is InChI=1S/C18H28O5Si/c1-7-21-16(20)15-12(19)10-18(23-24(4,5)6)11(2)13-8-9-14(22-13)17(15,18)3/h8-9,11,13-15H,7,10H2,1-6H3/t11-,13+,14-,15?,17+,18-/m1/s1. The summed E-state index contributed by atoms with van der Waals surface area (Å²) in [4.78, 5) is 25.6. The lowest BCUT2D eigenvalue weighted by Crippen LogP contribution is -2.66. The molecule has 134 valence electrons. The maximum atomic E-state index is 12.9. The maximum Gasteiger partial charge on any atom is 0.317 e. The van der Waals surface area contributed by atoms with Gasteiger partial charge < -0.3 is 13.9 Å². The molecule has 24 heavy (non-hydrogen) atoms. The lowest BCUT2D eigenvalue weighted by molar-refractivity contribution is -0.222. The minimum atomic E-state index is -1.96. The zero-order valence-electron chi connectivity index (χ0n) is 15.4. The molecule has 1 unspecified atom stereocenters. The lowest BCUT2D eigenvalue weighted by atomic mass is 9.61. The molecule has 0 aromatic heterocycles. The third kappa shape index (κ3) is 2.26. The molecule has 0 amide bonds. The van der Waals surface area contributed by atoms with Crippen LogP contribution in [0.2, 0.25) is 19.6 Å². The summed E-state index contributed by atoms with van der Waals surface area (Å²) in [5.41, 5.74) is -1.41. The first kappa shape index (κ1) is 17.8. The van der Waals surface area contributed by atoms with Gasteiger partial charge in [0, 0.05) is 17.8 Å². The van der Waals surface area contributed by atoms with Crippen molar-refractivity contribution in [3.05, 3.63) is 12.2 Å². The van der Waals surface area contributed by atoms with E-state index in [1.54, 1.807) is 6.92 Å². The van der Waals surface area contributed by atoms with Crippen molar-refractivity contribution in [2.75, 3.05) is 6.61 Å². The van der Waals surface area contributed by atoms with Gasteiger partial charge in [-0.3, -0.25) is 9.59 Å². The minimum absolute atomic E-state index is 0.00704. The summed E-state index contributed by atoms with van der Waals surface area (Å²) in [5, 5.41) is 0. The number of esters is 1. The Kier molecular flexibility index (Phi) is 4.09. The first-order valence-electron chi connectivity index (χ1n) is 8.80. The molecule has 0 aromatic carbocycles. The second kappa shape index (κ2) is 5.51. The van der Waals surface area contributed by atoms with Crippen LogP contribution >= 0.6 is 0 Å². The lowest BCUT2D eigenvalue weighted by Gasteiger charge is -2.57. The van der Waals surface area contributed by atoms with Gasteiger partial charge in [0.1, 0.15) is 5.92 Å². The topological polar surface area (TPSA) is 61.8 Å². The molecule has 1 saturated carbocycles. The smallest absolute Gasteiger partial charge is 0.317 e. The van der Waals surface area contributed by atoms with Crippen molar-refractivity contribution >= 4 is 20.1 Å². The Bertz CT molecular complexity index is 595. The highest BCUT2D eigenvalue weighted by atomic mass is 28.4. The van der Waals surface area contributed by atoms with Gasteiger partial charge in [0.25, 0.3) is 0 Å². The van der Waals surface area contributed by atoms with Crippen molar-refractivity contribution in [1.29, 1.82) is 0 Å². The van der Waals surface area contributed by atoms with Gasteiger partial charge in [0.15, 0.2) is 14.1 Å². The van der Waals surface area contributed by atoms with Gasteiger partial charge in [-0.25, -0.2) is 0 Å². The van der Waals surface area contributed by atoms with E-state index in [4.69, 9.17) is 13.9 Å². The molecule has 0 spiro atoms. The van der Waals surface area contributed by atoms with Gasteiger partial charge in [-0.1, -0.05) is 26.0 Å². The maximum absolute atomic E-state index is 12.9. The van der Waals surface area contributed by atoms with Crippen molar-refractivity contribution in [2.24, 2.45) is 17.3 Å². The second-order valence-corrected chi connectivity index (χ2v) is 12.8. The third-order valence-electron chi connectivity index (χ3n) is 5.88. The van der Waals surface area contributed by atoms with E-state index in [2.05, 4.69) is 32.6 Å². The second-order valence-electron chi connectivity index (χ2n) is 8.41. The summed E-state index contributed by atoms with van der Waals surface area (Å²) in [6, 6.07) is 0. The highest BCUT2D eigenvalue weighted by Crippen LogP contribution is 2.63. The molecule has 3 rings (SSSR count). The molecule has 0 radical (unpaired) electrons. The van der Waals surface area contributed by atoms with Crippen LogP contribution in [0.5, 0.6) is 0 Å². The Hall–Kier alpha value is -0.983. The van der Waals surface area contributed by atoms with E-state index >= 15 is 0 Å². The van der Waals surface area contributed by atoms with Crippen molar-refractivity contribution in [2.45, 2.75) is 64.6 Å². The zero-order chi connectivity index (χ0) is 17.9. The van der Waals surface area contributed by atoms with Crippen LogP contribution in [0, 0.1) is 17.3 Å². The first-order valence-corrected chi connectivity index (χ1v) is 12.2. The van der Waals surface area contributed by atoms with Crippen LogP contribution in [-0.4, -0.2) is 44.5 Å². The summed E-state index contributed by atoms with van der Waals surface area (Å²) in [7, 11) is -1.96. The van der Waals surface area contributed by atoms with Crippen LogP contribution in [0.25, 0.3) is 0 Å². The Morgan fingerprint density at radius 1 is 1.38 bits per heavy atom. The summed E-state index contributed by atoms with van der Waals surface area (Å²) >= 11 is 0. The van der Waals surface area contributed by atoms with E-state index in [0.717, 1.165) is 0 Å². The van der Waals surface area contributed by atoms with Gasteiger partial charge in [-0.15, -0.1) is 0 Å². The van der Waals surface area contributed by atoms with Gasteiger partial charge in [0.05, 0.1) is 24.4 Å². The number of Topliss-reactive ketones (excluding diaryl/α,β-unsaturated/α-hetero) is 1. The van der Waals surface area contributed by atoms with Crippen LogP contribution in [0.15, 0.2) is 12.2 Å². The SMILES string of the molecule is CCOC(=O)C1C(=O)C[C@@]2(O[Si](C)(C)C)[C@H](C)[C@@H]3C=C[C@@H](O3)[C@@]12C. The zero-order valence-corrected chi connectivity index (χ0v) is 16.4. The Morgan fingerprint density at radius 2 is 2.04 bits per heavy atom. The van der Waals surface area contributed by atoms with Crippen molar-refractivity contribution in [1.82, 2.24) is 0 Å². The van der Waals surface area contributed by atoms with E-state index in [9.17, 15) is 9.59 Å². The molecule has 2 heterocycles. The molecule has 0 aromatic rings. The van der Waals surface area contributed by atoms with Crippen LogP contribution in [0.1, 0.15) is 27.2 Å². The van der Waals surface area contributed by atoms with Gasteiger partial charge in [-0.2, -0.15) is 0 Å². The predicted molar refractivity (Wildman–Crippen MR) is 92.0 cm³/mol. The normalized spacial score (nSPS) is 43.8. The quantitative estimate of drug-likeness (QED) is 0.337. The molecule has 2 aliphatic heterocycles. The first-order chi connectivity index (χ1) is 11.1. The molecule has 2 bridgehead atoms. The van der Waals surface area contributed by atoms with Crippen molar-refractivity contribution in [3.63, 3.8) is 0 Å². The number of fused-ring (bicyclic) bond motifs is 4. The number of rotatable bonds is 4. The Labute approximate surface area is 144 Å². The molecular formula is C18H28O5Si. The molecule has 3 aliphatic rings. The molecule has 6 atom stereocenters. The van der Waals surface area contributed by atoms with E-state index in [0.29, 0.717) is 0 Å².